The van der Waals surface area contributed by atoms with Crippen molar-refractivity contribution in [2.75, 3.05) is 42.2 Å². The van der Waals surface area contributed by atoms with Gasteiger partial charge in [-0.15, -0.1) is 0 Å². The van der Waals surface area contributed by atoms with E-state index in [4.69, 9.17) is 33.2 Å². The molecule has 0 unspecified atom stereocenters. The number of non-ortho nitro benzene ring substituents is 1. The molecule has 3 aromatic rings. The van der Waals surface area contributed by atoms with Crippen LogP contribution in [0, 0.1) is 22.0 Å². The van der Waals surface area contributed by atoms with Gasteiger partial charge in [-0.25, -0.2) is 4.79 Å². The zero-order valence-corrected chi connectivity index (χ0v) is 23.6. The summed E-state index contributed by atoms with van der Waals surface area (Å²) < 4.78 is 39.4. The Labute approximate surface area is 241 Å². The zero-order valence-electron chi connectivity index (χ0n) is 23.6. The molecule has 0 spiro atoms. The first-order chi connectivity index (χ1) is 20.3. The quantitative estimate of drug-likeness (QED) is 0.201. The van der Waals surface area contributed by atoms with Gasteiger partial charge in [-0.1, -0.05) is 6.07 Å². The minimum atomic E-state index is -0.943. The first kappa shape index (κ1) is 28.5. The second-order valence-corrected chi connectivity index (χ2v) is 9.73. The fourth-order valence-corrected chi connectivity index (χ4v) is 5.81. The molecule has 0 radical (unpaired) electrons. The minimum Gasteiger partial charge on any atom is -0.493 e. The van der Waals surface area contributed by atoms with E-state index in [1.807, 2.05) is 0 Å². The second kappa shape index (κ2) is 11.5. The van der Waals surface area contributed by atoms with Gasteiger partial charge in [0.1, 0.15) is 6.10 Å². The van der Waals surface area contributed by atoms with Gasteiger partial charge >= 0.3 is 11.9 Å². The van der Waals surface area contributed by atoms with Crippen LogP contribution in [0.5, 0.6) is 28.7 Å². The normalized spacial score (nSPS) is 20.5. The molecule has 1 aliphatic heterocycles. The van der Waals surface area contributed by atoms with E-state index in [2.05, 4.69) is 0 Å². The Kier molecular flexibility index (Phi) is 7.79. The van der Waals surface area contributed by atoms with Crippen molar-refractivity contribution < 1.29 is 47.7 Å². The van der Waals surface area contributed by atoms with E-state index < -0.39 is 40.7 Å². The van der Waals surface area contributed by atoms with E-state index in [9.17, 15) is 19.7 Å². The zero-order chi connectivity index (χ0) is 30.1. The van der Waals surface area contributed by atoms with Crippen molar-refractivity contribution >= 4 is 17.6 Å². The first-order valence-corrected chi connectivity index (χ1v) is 12.9. The molecule has 1 aliphatic carbocycles. The summed E-state index contributed by atoms with van der Waals surface area (Å²) in [5.41, 5.74) is 1.64. The average molecular weight is 580 g/mol. The predicted octanol–water partition coefficient (Wildman–Crippen LogP) is 4.47. The summed E-state index contributed by atoms with van der Waals surface area (Å²) in [4.78, 5) is 37.4. The molecule has 5 rings (SSSR count). The Bertz CT molecular complexity index is 1530. The highest BCUT2D eigenvalue weighted by Crippen LogP contribution is 2.56. The van der Waals surface area contributed by atoms with Crippen LogP contribution in [-0.4, -0.2) is 59.0 Å². The summed E-state index contributed by atoms with van der Waals surface area (Å²) in [6.45, 7) is -0.00884. The molecule has 220 valence electrons. The number of hydrogen-bond donors (Lipinski definition) is 0. The van der Waals surface area contributed by atoms with Gasteiger partial charge in [0.2, 0.25) is 5.75 Å². The van der Waals surface area contributed by atoms with Crippen molar-refractivity contribution in [3.05, 3.63) is 80.9 Å². The Morgan fingerprint density at radius 2 is 1.48 bits per heavy atom. The molecule has 12 nitrogen and oxygen atoms in total. The van der Waals surface area contributed by atoms with E-state index in [-0.39, 0.29) is 17.9 Å². The Morgan fingerprint density at radius 3 is 2.05 bits per heavy atom. The van der Waals surface area contributed by atoms with Gasteiger partial charge in [-0.3, -0.25) is 14.9 Å². The smallest absolute Gasteiger partial charge is 0.339 e. The van der Waals surface area contributed by atoms with Gasteiger partial charge < -0.3 is 33.2 Å². The van der Waals surface area contributed by atoms with Crippen molar-refractivity contribution in [3.8, 4) is 28.7 Å². The highest BCUT2D eigenvalue weighted by Gasteiger charge is 2.54. The molecular weight excluding hydrogens is 550 g/mol. The van der Waals surface area contributed by atoms with Crippen LogP contribution in [0.2, 0.25) is 0 Å². The molecule has 1 heterocycles. The van der Waals surface area contributed by atoms with Gasteiger partial charge in [-0.05, 0) is 41.5 Å². The van der Waals surface area contributed by atoms with Gasteiger partial charge in [0.15, 0.2) is 23.0 Å². The molecule has 0 amide bonds. The summed E-state index contributed by atoms with van der Waals surface area (Å²) in [5.74, 6) is -1.20. The minimum absolute atomic E-state index is 0.000214. The third-order valence-electron chi connectivity index (χ3n) is 7.70. The van der Waals surface area contributed by atoms with Crippen LogP contribution in [0.15, 0.2) is 48.5 Å². The molecule has 1 saturated heterocycles. The van der Waals surface area contributed by atoms with Gasteiger partial charge in [0.05, 0.1) is 58.6 Å². The number of ether oxygens (including phenoxy) is 7. The number of carbonyl (C=O) groups excluding carboxylic acids is 2. The van der Waals surface area contributed by atoms with Crippen LogP contribution < -0.4 is 23.7 Å². The van der Waals surface area contributed by atoms with E-state index in [1.165, 1.54) is 53.7 Å². The monoisotopic (exact) mass is 579 g/mol. The number of nitro benzene ring substituents is 1. The summed E-state index contributed by atoms with van der Waals surface area (Å²) in [6.07, 6.45) is -0.943. The number of methoxy groups -OCH3 is 5. The van der Waals surface area contributed by atoms with Crippen molar-refractivity contribution in [1.82, 2.24) is 0 Å². The molecule has 3 aromatic carbocycles. The molecule has 0 aromatic heterocycles. The van der Waals surface area contributed by atoms with Crippen molar-refractivity contribution in [3.63, 3.8) is 0 Å². The number of rotatable bonds is 9. The SMILES string of the molecule is COc1cc2c(cc1OC)[C@@H](OC(=O)c1cccc([N+](=O)[O-])c1)[C@H]1COC(=O)[C@@H]1[C@@H]2c1cc(OC)c(OC)c(OC)c1. The number of benzene rings is 3. The number of nitro groups is 1. The maximum Gasteiger partial charge on any atom is 0.339 e. The number of hydrogen-bond acceptors (Lipinski definition) is 11. The summed E-state index contributed by atoms with van der Waals surface area (Å²) in [5, 5.41) is 11.3. The van der Waals surface area contributed by atoms with Crippen LogP contribution in [0.3, 0.4) is 0 Å². The lowest BCUT2D eigenvalue weighted by atomic mass is 9.66. The molecule has 4 atom stereocenters. The first-order valence-electron chi connectivity index (χ1n) is 12.9. The highest BCUT2D eigenvalue weighted by atomic mass is 16.6. The second-order valence-electron chi connectivity index (χ2n) is 9.73. The van der Waals surface area contributed by atoms with E-state index in [1.54, 1.807) is 24.3 Å². The molecule has 2 aliphatic rings. The third-order valence-corrected chi connectivity index (χ3v) is 7.70. The standard InChI is InChI=1S/C30H29NO11/c1-36-21-12-18-19(13-22(21)37-2)27(42-29(32)15-7-6-8-17(9-15)31(34)35)20-14-41-30(33)26(20)25(18)16-10-23(38-3)28(40-5)24(11-16)39-4/h6-13,20,25-27H,14H2,1-5H3/t20-,25+,26-,27+/m0/s1. The summed E-state index contributed by atoms with van der Waals surface area (Å²) >= 11 is 0. The topological polar surface area (TPSA) is 142 Å². The maximum absolute atomic E-state index is 13.4. The number of cyclic esters (lactones) is 1. The van der Waals surface area contributed by atoms with E-state index in [0.717, 1.165) is 6.07 Å². The van der Waals surface area contributed by atoms with E-state index >= 15 is 0 Å². The molecule has 42 heavy (non-hydrogen) atoms. The van der Waals surface area contributed by atoms with Crippen LogP contribution in [-0.2, 0) is 14.3 Å². The number of fused-ring (bicyclic) bond motifs is 2. The molecular formula is C30H29NO11. The lowest BCUT2D eigenvalue weighted by Crippen LogP contribution is -2.36. The third kappa shape index (κ3) is 4.78. The molecule has 0 bridgehead atoms. The summed E-state index contributed by atoms with van der Waals surface area (Å²) in [7, 11) is 7.48. The van der Waals surface area contributed by atoms with Crippen molar-refractivity contribution in [2.45, 2.75) is 12.0 Å². The number of carbonyl (C=O) groups is 2. The van der Waals surface area contributed by atoms with Crippen molar-refractivity contribution in [2.24, 2.45) is 11.8 Å². The van der Waals surface area contributed by atoms with Crippen LogP contribution in [0.4, 0.5) is 5.69 Å². The summed E-state index contributed by atoms with van der Waals surface area (Å²) in [6, 6.07) is 12.3. The Balaban J connectivity index is 1.69. The highest BCUT2D eigenvalue weighted by molar-refractivity contribution is 5.90. The van der Waals surface area contributed by atoms with Crippen molar-refractivity contribution in [1.29, 1.82) is 0 Å². The molecule has 0 N–H and O–H groups in total. The Morgan fingerprint density at radius 1 is 0.857 bits per heavy atom. The number of nitrogens with zero attached hydrogens (tertiary/aromatic N) is 1. The van der Waals surface area contributed by atoms with Gasteiger partial charge in [0, 0.05) is 29.5 Å². The molecule has 0 saturated carbocycles. The predicted molar refractivity (Wildman–Crippen MR) is 147 cm³/mol. The lowest BCUT2D eigenvalue weighted by molar-refractivity contribution is -0.384. The Hall–Kier alpha value is -5.00. The van der Waals surface area contributed by atoms with Gasteiger partial charge in [0.25, 0.3) is 5.69 Å². The lowest BCUT2D eigenvalue weighted by Gasteiger charge is -2.39. The number of esters is 2. The van der Waals surface area contributed by atoms with Gasteiger partial charge in [-0.2, -0.15) is 0 Å². The fraction of sp³-hybridized carbons (Fsp3) is 0.333. The van der Waals surface area contributed by atoms with Crippen LogP contribution in [0.25, 0.3) is 0 Å². The average Bonchev–Trinajstić information content (AvgIpc) is 3.40. The van der Waals surface area contributed by atoms with E-state index in [0.29, 0.717) is 45.4 Å². The molecule has 1 fully saturated rings. The van der Waals surface area contributed by atoms with Crippen LogP contribution >= 0.6 is 0 Å². The maximum atomic E-state index is 13.4. The molecule has 12 heteroatoms. The largest absolute Gasteiger partial charge is 0.493 e. The fourth-order valence-electron chi connectivity index (χ4n) is 5.81. The van der Waals surface area contributed by atoms with Crippen LogP contribution in [0.1, 0.15) is 39.1 Å².